The van der Waals surface area contributed by atoms with Crippen molar-refractivity contribution in [3.05, 3.63) is 24.3 Å². The first-order chi connectivity index (χ1) is 9.73. The smallest absolute Gasteiger partial charge is 0.349 e. The molecule has 1 aromatic carbocycles. The Morgan fingerprint density at radius 1 is 1.10 bits per heavy atom. The number of esters is 1. The van der Waals surface area contributed by atoms with E-state index in [0.717, 1.165) is 0 Å². The van der Waals surface area contributed by atoms with Gasteiger partial charge in [0.25, 0.3) is 10.1 Å². The number of hydrogen-bond donors (Lipinski definition) is 0. The molecule has 0 heterocycles. The van der Waals surface area contributed by atoms with E-state index in [1.165, 1.54) is 24.3 Å². The molecule has 21 heavy (non-hydrogen) atoms. The number of carbonyl (C=O) groups is 1. The Morgan fingerprint density at radius 2 is 1.67 bits per heavy atom. The van der Waals surface area contributed by atoms with E-state index in [4.69, 9.17) is 9.47 Å². The molecule has 0 spiro atoms. The van der Waals surface area contributed by atoms with Crippen molar-refractivity contribution < 1.29 is 26.9 Å². The molecule has 0 saturated carbocycles. The third-order valence-electron chi connectivity index (χ3n) is 2.53. The van der Waals surface area contributed by atoms with Gasteiger partial charge in [-0.05, 0) is 52.0 Å². The third kappa shape index (κ3) is 4.71. The highest BCUT2D eigenvalue weighted by atomic mass is 32.2. The van der Waals surface area contributed by atoms with E-state index in [1.807, 2.05) is 0 Å². The molecule has 0 aliphatic carbocycles. The molecular weight excluding hydrogens is 296 g/mol. The van der Waals surface area contributed by atoms with Crippen LogP contribution in [0.4, 0.5) is 0 Å². The van der Waals surface area contributed by atoms with Crippen molar-refractivity contribution in [1.82, 2.24) is 0 Å². The maximum absolute atomic E-state index is 11.7. The fourth-order valence-electron chi connectivity index (χ4n) is 1.54. The van der Waals surface area contributed by atoms with Crippen LogP contribution in [-0.2, 0) is 23.8 Å². The Bertz CT molecular complexity index is 574. The Kier molecular flexibility index (Phi) is 5.74. The average Bonchev–Trinajstić information content (AvgIpc) is 2.39. The van der Waals surface area contributed by atoms with Gasteiger partial charge in [0.2, 0.25) is 0 Å². The Morgan fingerprint density at radius 3 is 2.14 bits per heavy atom. The van der Waals surface area contributed by atoms with Crippen LogP contribution in [0, 0.1) is 0 Å². The quantitative estimate of drug-likeness (QED) is 0.566. The molecule has 0 saturated heterocycles. The van der Waals surface area contributed by atoms with Crippen LogP contribution in [0.25, 0.3) is 0 Å². The summed E-state index contributed by atoms with van der Waals surface area (Å²) in [6, 6.07) is 5.66. The van der Waals surface area contributed by atoms with Crippen LogP contribution < -0.4 is 4.74 Å². The van der Waals surface area contributed by atoms with E-state index >= 15 is 0 Å². The predicted molar refractivity (Wildman–Crippen MR) is 76.6 cm³/mol. The highest BCUT2D eigenvalue weighted by Crippen LogP contribution is 2.22. The first-order valence-electron chi connectivity index (χ1n) is 6.58. The van der Waals surface area contributed by atoms with Crippen molar-refractivity contribution in [2.24, 2.45) is 0 Å². The number of hydrogen-bond acceptors (Lipinski definition) is 6. The second-order valence-corrected chi connectivity index (χ2v) is 6.28. The van der Waals surface area contributed by atoms with Crippen molar-refractivity contribution in [3.8, 4) is 5.75 Å². The van der Waals surface area contributed by atoms with Gasteiger partial charge in [-0.1, -0.05) is 0 Å². The molecule has 0 aromatic heterocycles. The van der Waals surface area contributed by atoms with Gasteiger partial charge < -0.3 is 9.47 Å². The van der Waals surface area contributed by atoms with Crippen LogP contribution in [0.3, 0.4) is 0 Å². The van der Waals surface area contributed by atoms with Crippen molar-refractivity contribution in [1.29, 1.82) is 0 Å². The van der Waals surface area contributed by atoms with E-state index in [-0.39, 0.29) is 18.1 Å². The molecular formula is C14H20O6S. The average molecular weight is 316 g/mol. The molecule has 0 aliphatic heterocycles. The van der Waals surface area contributed by atoms with Crippen LogP contribution >= 0.6 is 0 Å². The van der Waals surface area contributed by atoms with Crippen molar-refractivity contribution in [3.63, 3.8) is 0 Å². The van der Waals surface area contributed by atoms with Gasteiger partial charge in [0.15, 0.2) is 5.60 Å². The number of rotatable bonds is 7. The molecule has 1 rings (SSSR count). The summed E-state index contributed by atoms with van der Waals surface area (Å²) in [5.74, 6) is -0.125. The summed E-state index contributed by atoms with van der Waals surface area (Å²) in [4.78, 5) is 11.8. The normalized spacial score (nSPS) is 12.0. The maximum atomic E-state index is 11.7. The zero-order chi connectivity index (χ0) is 16.1. The summed E-state index contributed by atoms with van der Waals surface area (Å²) in [6.45, 7) is 6.79. The van der Waals surface area contributed by atoms with Gasteiger partial charge in [0.1, 0.15) is 5.75 Å². The number of benzene rings is 1. The molecule has 0 radical (unpaired) electrons. The van der Waals surface area contributed by atoms with Gasteiger partial charge in [-0.3, -0.25) is 4.18 Å². The minimum atomic E-state index is -3.74. The zero-order valence-electron chi connectivity index (χ0n) is 12.6. The van der Waals surface area contributed by atoms with Crippen LogP contribution in [-0.4, -0.2) is 33.2 Å². The van der Waals surface area contributed by atoms with Gasteiger partial charge in [0.05, 0.1) is 18.1 Å². The van der Waals surface area contributed by atoms with E-state index in [9.17, 15) is 13.2 Å². The van der Waals surface area contributed by atoms with Crippen LogP contribution in [0.5, 0.6) is 5.75 Å². The molecule has 7 heteroatoms. The summed E-state index contributed by atoms with van der Waals surface area (Å²) < 4.78 is 38.5. The minimum absolute atomic E-state index is 0.0330. The van der Waals surface area contributed by atoms with Crippen molar-refractivity contribution in [2.45, 2.75) is 38.2 Å². The topological polar surface area (TPSA) is 78.9 Å². The zero-order valence-corrected chi connectivity index (χ0v) is 13.4. The van der Waals surface area contributed by atoms with E-state index < -0.39 is 21.7 Å². The van der Waals surface area contributed by atoms with Crippen molar-refractivity contribution in [2.75, 3.05) is 13.2 Å². The summed E-state index contributed by atoms with van der Waals surface area (Å²) in [6.07, 6.45) is 0. The SMILES string of the molecule is CCOC(=O)C(C)(C)Oc1ccc(S(=O)(=O)OCC)cc1. The maximum Gasteiger partial charge on any atom is 0.349 e. The third-order valence-corrected chi connectivity index (χ3v) is 3.92. The molecule has 118 valence electrons. The highest BCUT2D eigenvalue weighted by Gasteiger charge is 2.31. The van der Waals surface area contributed by atoms with Crippen molar-refractivity contribution >= 4 is 16.1 Å². The molecule has 0 fully saturated rings. The highest BCUT2D eigenvalue weighted by molar-refractivity contribution is 7.86. The number of carbonyl (C=O) groups excluding carboxylic acids is 1. The summed E-state index contributed by atoms with van der Waals surface area (Å²) in [5, 5.41) is 0. The van der Waals surface area contributed by atoms with Gasteiger partial charge in [-0.2, -0.15) is 8.42 Å². The lowest BCUT2D eigenvalue weighted by Gasteiger charge is -2.24. The molecule has 1 aromatic rings. The largest absolute Gasteiger partial charge is 0.476 e. The Hall–Kier alpha value is -1.60. The molecule has 6 nitrogen and oxygen atoms in total. The van der Waals surface area contributed by atoms with Crippen LogP contribution in [0.1, 0.15) is 27.7 Å². The van der Waals surface area contributed by atoms with Crippen LogP contribution in [0.2, 0.25) is 0 Å². The van der Waals surface area contributed by atoms with Gasteiger partial charge in [0, 0.05) is 0 Å². The Labute approximate surface area is 125 Å². The van der Waals surface area contributed by atoms with Gasteiger partial charge in [-0.15, -0.1) is 0 Å². The molecule has 0 N–H and O–H groups in total. The lowest BCUT2D eigenvalue weighted by Crippen LogP contribution is -2.39. The molecule has 0 atom stereocenters. The summed E-state index contributed by atoms with van der Waals surface area (Å²) >= 11 is 0. The standard InChI is InChI=1S/C14H20O6S/c1-5-18-13(15)14(3,4)20-11-7-9-12(10-8-11)21(16,17)19-6-2/h7-10H,5-6H2,1-4H3. The monoisotopic (exact) mass is 316 g/mol. The predicted octanol–water partition coefficient (Wildman–Crippen LogP) is 2.13. The first-order valence-corrected chi connectivity index (χ1v) is 7.99. The number of ether oxygens (including phenoxy) is 2. The first kappa shape index (κ1) is 17.5. The summed E-state index contributed by atoms with van der Waals surface area (Å²) in [5.41, 5.74) is -1.16. The Balaban J connectivity index is 2.87. The molecule has 0 amide bonds. The fraction of sp³-hybridized carbons (Fsp3) is 0.500. The van der Waals surface area contributed by atoms with E-state index in [0.29, 0.717) is 5.75 Å². The fourth-order valence-corrected chi connectivity index (χ4v) is 2.45. The van der Waals surface area contributed by atoms with E-state index in [2.05, 4.69) is 4.18 Å². The van der Waals surface area contributed by atoms with Gasteiger partial charge >= 0.3 is 5.97 Å². The van der Waals surface area contributed by atoms with Gasteiger partial charge in [-0.25, -0.2) is 4.79 Å². The molecule has 0 aliphatic rings. The second-order valence-electron chi connectivity index (χ2n) is 4.66. The molecule has 0 unspecified atom stereocenters. The summed E-state index contributed by atoms with van der Waals surface area (Å²) in [7, 11) is -3.74. The minimum Gasteiger partial charge on any atom is -0.476 e. The second kappa shape index (κ2) is 6.91. The van der Waals surface area contributed by atoms with E-state index in [1.54, 1.807) is 27.7 Å². The molecule has 0 bridgehead atoms. The lowest BCUT2D eigenvalue weighted by molar-refractivity contribution is -0.158. The van der Waals surface area contributed by atoms with Crippen LogP contribution in [0.15, 0.2) is 29.2 Å². The lowest BCUT2D eigenvalue weighted by atomic mass is 10.1.